The Labute approximate surface area is 151 Å². The topological polar surface area (TPSA) is 47.6 Å². The molecule has 0 bridgehead atoms. The highest BCUT2D eigenvalue weighted by molar-refractivity contribution is 7.99. The molecule has 2 aromatic carbocycles. The van der Waals surface area contributed by atoms with E-state index in [9.17, 15) is 4.79 Å². The second-order valence-electron chi connectivity index (χ2n) is 4.90. The normalized spacial score (nSPS) is 10.2. The summed E-state index contributed by atoms with van der Waals surface area (Å²) in [7, 11) is 1.60. The summed E-state index contributed by atoms with van der Waals surface area (Å²) >= 11 is 7.47. The van der Waals surface area contributed by atoms with Crippen LogP contribution >= 0.6 is 23.4 Å². The molecule has 0 fully saturated rings. The maximum Gasteiger partial charge on any atom is 0.220 e. The second kappa shape index (κ2) is 10.1. The van der Waals surface area contributed by atoms with Gasteiger partial charge in [-0.2, -0.15) is 0 Å². The number of para-hydroxylation sites is 2. The molecule has 24 heavy (non-hydrogen) atoms. The van der Waals surface area contributed by atoms with E-state index in [-0.39, 0.29) is 5.91 Å². The van der Waals surface area contributed by atoms with Crippen LogP contribution in [0.15, 0.2) is 53.4 Å². The van der Waals surface area contributed by atoms with Crippen molar-refractivity contribution >= 4 is 29.3 Å². The van der Waals surface area contributed by atoms with E-state index in [0.29, 0.717) is 36.1 Å². The first kappa shape index (κ1) is 18.5. The van der Waals surface area contributed by atoms with Crippen LogP contribution < -0.4 is 14.8 Å². The van der Waals surface area contributed by atoms with Gasteiger partial charge in [0.2, 0.25) is 5.91 Å². The molecule has 6 heteroatoms. The number of carbonyl (C=O) groups excluding carboxylic acids is 1. The van der Waals surface area contributed by atoms with E-state index < -0.39 is 0 Å². The number of benzene rings is 2. The fourth-order valence-electron chi connectivity index (χ4n) is 1.97. The number of rotatable bonds is 9. The summed E-state index contributed by atoms with van der Waals surface area (Å²) < 4.78 is 10.8. The first-order valence-corrected chi connectivity index (χ1v) is 8.96. The second-order valence-corrected chi connectivity index (χ2v) is 6.51. The third kappa shape index (κ3) is 6.34. The Morgan fingerprint density at radius 3 is 2.54 bits per heavy atom. The molecule has 2 aromatic rings. The van der Waals surface area contributed by atoms with E-state index in [2.05, 4.69) is 5.32 Å². The predicted molar refractivity (Wildman–Crippen MR) is 98.3 cm³/mol. The standard InChI is InChI=1S/C18H20ClNO3S/c1-22-16-4-2-3-5-17(16)23-12-11-20-18(21)10-13-24-15-8-6-14(19)7-9-15/h2-9H,10-13H2,1H3,(H,20,21). The summed E-state index contributed by atoms with van der Waals surface area (Å²) in [5.41, 5.74) is 0. The summed E-state index contributed by atoms with van der Waals surface area (Å²) in [6.45, 7) is 0.860. The van der Waals surface area contributed by atoms with E-state index >= 15 is 0 Å². The van der Waals surface area contributed by atoms with Crippen LogP contribution in [0.1, 0.15) is 6.42 Å². The molecule has 0 atom stereocenters. The van der Waals surface area contributed by atoms with Crippen LogP contribution in [-0.2, 0) is 4.79 Å². The number of nitrogens with one attached hydrogen (secondary N) is 1. The molecule has 4 nitrogen and oxygen atoms in total. The Balaban J connectivity index is 1.60. The molecule has 0 spiro atoms. The average molecular weight is 366 g/mol. The van der Waals surface area contributed by atoms with Gasteiger partial charge >= 0.3 is 0 Å². The lowest BCUT2D eigenvalue weighted by atomic mass is 10.3. The van der Waals surface area contributed by atoms with Gasteiger partial charge in [0.1, 0.15) is 6.61 Å². The molecule has 0 aliphatic carbocycles. The fourth-order valence-corrected chi connectivity index (χ4v) is 2.95. The van der Waals surface area contributed by atoms with Gasteiger partial charge < -0.3 is 14.8 Å². The average Bonchev–Trinajstić information content (AvgIpc) is 2.61. The monoisotopic (exact) mass is 365 g/mol. The highest BCUT2D eigenvalue weighted by atomic mass is 35.5. The van der Waals surface area contributed by atoms with Crippen molar-refractivity contribution in [2.75, 3.05) is 26.0 Å². The van der Waals surface area contributed by atoms with Gasteiger partial charge in [0.25, 0.3) is 0 Å². The van der Waals surface area contributed by atoms with Crippen LogP contribution in [-0.4, -0.2) is 31.9 Å². The Kier molecular flexibility index (Phi) is 7.79. The van der Waals surface area contributed by atoms with Crippen molar-refractivity contribution in [3.8, 4) is 11.5 Å². The molecule has 1 amide bonds. The van der Waals surface area contributed by atoms with Crippen molar-refractivity contribution in [3.05, 3.63) is 53.6 Å². The third-order valence-electron chi connectivity index (χ3n) is 3.16. The predicted octanol–water partition coefficient (Wildman–Crippen LogP) is 4.03. The van der Waals surface area contributed by atoms with Crippen LogP contribution in [0.3, 0.4) is 0 Å². The van der Waals surface area contributed by atoms with Crippen molar-refractivity contribution in [1.82, 2.24) is 5.32 Å². The molecule has 1 N–H and O–H groups in total. The summed E-state index contributed by atoms with van der Waals surface area (Å²) in [4.78, 5) is 12.9. The SMILES string of the molecule is COc1ccccc1OCCNC(=O)CCSc1ccc(Cl)cc1. The van der Waals surface area contributed by atoms with Gasteiger partial charge in [-0.1, -0.05) is 23.7 Å². The number of carbonyl (C=O) groups is 1. The van der Waals surface area contributed by atoms with E-state index in [1.54, 1.807) is 18.9 Å². The first-order chi connectivity index (χ1) is 11.7. The zero-order valence-electron chi connectivity index (χ0n) is 13.5. The van der Waals surface area contributed by atoms with E-state index in [1.165, 1.54) is 0 Å². The lowest BCUT2D eigenvalue weighted by Gasteiger charge is -2.10. The molecule has 128 valence electrons. The van der Waals surface area contributed by atoms with Gasteiger partial charge in [0.15, 0.2) is 11.5 Å². The molecule has 0 radical (unpaired) electrons. The highest BCUT2D eigenvalue weighted by Gasteiger charge is 2.04. The Hall–Kier alpha value is -1.85. The lowest BCUT2D eigenvalue weighted by Crippen LogP contribution is -2.28. The molecule has 0 saturated carbocycles. The van der Waals surface area contributed by atoms with Gasteiger partial charge in [0.05, 0.1) is 13.7 Å². The number of halogens is 1. The number of ether oxygens (including phenoxy) is 2. The minimum absolute atomic E-state index is 0.0140. The number of hydrogen-bond acceptors (Lipinski definition) is 4. The largest absolute Gasteiger partial charge is 0.493 e. The number of hydrogen-bond donors (Lipinski definition) is 1. The van der Waals surface area contributed by atoms with Crippen molar-refractivity contribution in [2.45, 2.75) is 11.3 Å². The zero-order chi connectivity index (χ0) is 17.2. The van der Waals surface area contributed by atoms with Gasteiger partial charge in [-0.05, 0) is 36.4 Å². The van der Waals surface area contributed by atoms with Gasteiger partial charge in [-0.15, -0.1) is 11.8 Å². The molecule has 0 unspecified atom stereocenters. The third-order valence-corrected chi connectivity index (χ3v) is 4.43. The van der Waals surface area contributed by atoms with Crippen LogP contribution in [0.4, 0.5) is 0 Å². The van der Waals surface area contributed by atoms with Crippen LogP contribution in [0, 0.1) is 0 Å². The fraction of sp³-hybridized carbons (Fsp3) is 0.278. The molecule has 0 heterocycles. The number of methoxy groups -OCH3 is 1. The molecule has 2 rings (SSSR count). The summed E-state index contributed by atoms with van der Waals surface area (Å²) in [5.74, 6) is 2.09. The highest BCUT2D eigenvalue weighted by Crippen LogP contribution is 2.25. The van der Waals surface area contributed by atoms with Gasteiger partial charge in [0, 0.05) is 22.1 Å². The summed E-state index contributed by atoms with van der Waals surface area (Å²) in [6.07, 6.45) is 0.460. The Morgan fingerprint density at radius 1 is 1.12 bits per heavy atom. The van der Waals surface area contributed by atoms with Crippen LogP contribution in [0.5, 0.6) is 11.5 Å². The summed E-state index contributed by atoms with van der Waals surface area (Å²) in [5, 5.41) is 3.56. The molecular formula is C18H20ClNO3S. The van der Waals surface area contributed by atoms with Crippen LogP contribution in [0.25, 0.3) is 0 Å². The van der Waals surface area contributed by atoms with E-state index in [1.807, 2.05) is 48.5 Å². The first-order valence-electron chi connectivity index (χ1n) is 7.60. The van der Waals surface area contributed by atoms with E-state index in [4.69, 9.17) is 21.1 Å². The van der Waals surface area contributed by atoms with Gasteiger partial charge in [-0.25, -0.2) is 0 Å². The van der Waals surface area contributed by atoms with E-state index in [0.717, 1.165) is 10.6 Å². The minimum atomic E-state index is 0.0140. The lowest BCUT2D eigenvalue weighted by molar-refractivity contribution is -0.120. The molecule has 0 saturated heterocycles. The van der Waals surface area contributed by atoms with Crippen LogP contribution in [0.2, 0.25) is 5.02 Å². The molecular weight excluding hydrogens is 346 g/mol. The molecule has 0 aromatic heterocycles. The summed E-state index contributed by atoms with van der Waals surface area (Å²) in [6, 6.07) is 15.0. The minimum Gasteiger partial charge on any atom is -0.493 e. The maximum atomic E-state index is 11.8. The zero-order valence-corrected chi connectivity index (χ0v) is 15.0. The molecule has 0 aliphatic rings. The quantitative estimate of drug-likeness (QED) is 0.538. The van der Waals surface area contributed by atoms with Crippen molar-refractivity contribution in [2.24, 2.45) is 0 Å². The van der Waals surface area contributed by atoms with Crippen molar-refractivity contribution in [3.63, 3.8) is 0 Å². The van der Waals surface area contributed by atoms with Crippen molar-refractivity contribution < 1.29 is 14.3 Å². The Bertz CT molecular complexity index is 649. The maximum absolute atomic E-state index is 11.8. The Morgan fingerprint density at radius 2 is 1.83 bits per heavy atom. The van der Waals surface area contributed by atoms with Gasteiger partial charge in [-0.3, -0.25) is 4.79 Å². The smallest absolute Gasteiger partial charge is 0.220 e. The number of amides is 1. The molecule has 0 aliphatic heterocycles. The number of thioether (sulfide) groups is 1. The van der Waals surface area contributed by atoms with Crippen molar-refractivity contribution in [1.29, 1.82) is 0 Å².